The molecule has 0 N–H and O–H groups in total. The molecule has 4 aromatic heterocycles. The molecule has 0 atom stereocenters. The van der Waals surface area contributed by atoms with Crippen LogP contribution < -0.4 is 0 Å². The van der Waals surface area contributed by atoms with Crippen molar-refractivity contribution in [1.82, 2.24) is 19.5 Å². The summed E-state index contributed by atoms with van der Waals surface area (Å²) in [4.78, 5) is 15.1. The third-order valence-electron chi connectivity index (χ3n) is 11.2. The van der Waals surface area contributed by atoms with Crippen LogP contribution in [0.3, 0.4) is 0 Å². The highest BCUT2D eigenvalue weighted by molar-refractivity contribution is 6.16. The number of nitrogens with zero attached hydrogens (tertiary/aromatic N) is 4. The van der Waals surface area contributed by atoms with Crippen LogP contribution >= 0.6 is 0 Å². The molecule has 0 fully saturated rings. The molecule has 1 spiro atoms. The quantitative estimate of drug-likeness (QED) is 0.189. The van der Waals surface area contributed by atoms with Crippen molar-refractivity contribution in [3.63, 3.8) is 0 Å². The van der Waals surface area contributed by atoms with Gasteiger partial charge in [0, 0.05) is 27.7 Å². The van der Waals surface area contributed by atoms with Gasteiger partial charge in [-0.1, -0.05) is 115 Å². The van der Waals surface area contributed by atoms with Crippen LogP contribution in [0, 0.1) is 13.8 Å². The highest BCUT2D eigenvalue weighted by Gasteiger charge is 2.52. The van der Waals surface area contributed by atoms with Gasteiger partial charge in [0.05, 0.1) is 44.9 Å². The molecule has 4 nitrogen and oxygen atoms in total. The molecule has 0 amide bonds. The number of pyridine rings is 3. The van der Waals surface area contributed by atoms with Crippen LogP contribution in [0.1, 0.15) is 33.6 Å². The van der Waals surface area contributed by atoms with Gasteiger partial charge >= 0.3 is 0 Å². The number of aromatic nitrogens is 4. The van der Waals surface area contributed by atoms with E-state index in [9.17, 15) is 0 Å². The fraction of sp³-hybridized carbons (Fsp3) is 0.0625. The van der Waals surface area contributed by atoms with E-state index in [1.54, 1.807) is 0 Å². The van der Waals surface area contributed by atoms with Crippen molar-refractivity contribution in [2.24, 2.45) is 0 Å². The Morgan fingerprint density at radius 3 is 1.58 bits per heavy atom. The van der Waals surface area contributed by atoms with Gasteiger partial charge in [-0.05, 0) is 95.3 Å². The van der Waals surface area contributed by atoms with Gasteiger partial charge in [0.1, 0.15) is 0 Å². The lowest BCUT2D eigenvalue weighted by Crippen LogP contribution is -2.25. The first kappa shape index (κ1) is 29.1. The van der Waals surface area contributed by atoms with E-state index >= 15 is 0 Å². The fourth-order valence-corrected chi connectivity index (χ4v) is 9.18. The van der Waals surface area contributed by atoms with E-state index in [0.29, 0.717) is 0 Å². The molecule has 5 aromatic carbocycles. The zero-order chi connectivity index (χ0) is 34.6. The molecule has 9 aromatic rings. The lowest BCUT2D eigenvalue weighted by Gasteiger charge is -2.30. The molecule has 0 bridgehead atoms. The molecule has 0 aliphatic heterocycles. The van der Waals surface area contributed by atoms with Crippen LogP contribution in [-0.2, 0) is 5.41 Å². The molecule has 11 rings (SSSR count). The molecular weight excluding hydrogens is 633 g/mol. The highest BCUT2D eigenvalue weighted by Crippen LogP contribution is 2.64. The van der Waals surface area contributed by atoms with Crippen LogP contribution in [0.25, 0.3) is 72.5 Å². The summed E-state index contributed by atoms with van der Waals surface area (Å²) in [6.07, 6.45) is 0. The van der Waals surface area contributed by atoms with Crippen LogP contribution in [0.5, 0.6) is 0 Å². The smallest absolute Gasteiger partial charge is 0.0915 e. The van der Waals surface area contributed by atoms with E-state index in [2.05, 4.69) is 138 Å². The van der Waals surface area contributed by atoms with Crippen molar-refractivity contribution in [3.05, 3.63) is 191 Å². The Kier molecular flexibility index (Phi) is 5.98. The number of hydrogen-bond acceptors (Lipinski definition) is 3. The third-order valence-corrected chi connectivity index (χ3v) is 11.2. The summed E-state index contributed by atoms with van der Waals surface area (Å²) in [6, 6.07) is 57.3. The maximum absolute atomic E-state index is 5.20. The molecular formula is C48H32N4. The van der Waals surface area contributed by atoms with Crippen molar-refractivity contribution in [2.75, 3.05) is 0 Å². The number of hydrogen-bond donors (Lipinski definition) is 0. The third kappa shape index (κ3) is 3.84. The van der Waals surface area contributed by atoms with Crippen molar-refractivity contribution in [1.29, 1.82) is 0 Å². The minimum atomic E-state index is -0.430. The van der Waals surface area contributed by atoms with E-state index in [1.807, 2.05) is 38.1 Å². The number of para-hydroxylation sites is 1. The predicted octanol–water partition coefficient (Wildman–Crippen LogP) is 11.3. The molecule has 2 aliphatic carbocycles. The molecule has 0 saturated carbocycles. The average molecular weight is 665 g/mol. The summed E-state index contributed by atoms with van der Waals surface area (Å²) in [7, 11) is 0. The van der Waals surface area contributed by atoms with Gasteiger partial charge in [0.15, 0.2) is 0 Å². The lowest BCUT2D eigenvalue weighted by atomic mass is 9.70. The fourth-order valence-electron chi connectivity index (χ4n) is 9.18. The average Bonchev–Trinajstić information content (AvgIpc) is 3.80. The maximum atomic E-state index is 5.20. The summed E-state index contributed by atoms with van der Waals surface area (Å²) < 4.78 is 2.46. The molecule has 0 radical (unpaired) electrons. The summed E-state index contributed by atoms with van der Waals surface area (Å²) in [6.45, 7) is 4.05. The van der Waals surface area contributed by atoms with Gasteiger partial charge in [0.25, 0.3) is 0 Å². The first-order valence-corrected chi connectivity index (χ1v) is 17.9. The van der Waals surface area contributed by atoms with Gasteiger partial charge < -0.3 is 4.57 Å². The molecule has 4 heterocycles. The second kappa shape index (κ2) is 10.7. The maximum Gasteiger partial charge on any atom is 0.0915 e. The summed E-state index contributed by atoms with van der Waals surface area (Å²) in [5.41, 5.74) is 18.6. The molecule has 4 heteroatoms. The monoisotopic (exact) mass is 664 g/mol. The zero-order valence-corrected chi connectivity index (χ0v) is 28.8. The molecule has 244 valence electrons. The van der Waals surface area contributed by atoms with Crippen LogP contribution in [0.15, 0.2) is 158 Å². The van der Waals surface area contributed by atoms with Crippen molar-refractivity contribution < 1.29 is 0 Å². The standard InChI is InChI=1S/C48H32N4/c1-29-13-11-22-41(49-29)43-27-31(28-44(51-43)42-23-12-14-30(2)50-42)52-45-24-10-6-17-34(45)35-25-26-40-46(47(35)52)36-18-5-9-21-39(36)48(40)37-19-7-3-15-32(37)33-16-4-8-20-38(33)48/h3-28H,1-2H3. The first-order chi connectivity index (χ1) is 25.6. The number of benzene rings is 5. The number of fused-ring (bicyclic) bond motifs is 14. The Morgan fingerprint density at radius 2 is 0.962 bits per heavy atom. The van der Waals surface area contributed by atoms with Crippen molar-refractivity contribution >= 4 is 21.8 Å². The Morgan fingerprint density at radius 1 is 0.423 bits per heavy atom. The van der Waals surface area contributed by atoms with Crippen molar-refractivity contribution in [3.8, 4) is 50.7 Å². The SMILES string of the molecule is Cc1cccc(-c2cc(-n3c4ccccc4c4ccc5c(c43)-c3ccccc3C53c4ccccc4-c4ccccc43)cc(-c3cccc(C)n3)n2)n1. The minimum Gasteiger partial charge on any atom is -0.308 e. The summed E-state index contributed by atoms with van der Waals surface area (Å²) in [5.74, 6) is 0. The van der Waals surface area contributed by atoms with Gasteiger partial charge in [-0.25, -0.2) is 4.98 Å². The normalized spacial score (nSPS) is 13.3. The van der Waals surface area contributed by atoms with E-state index in [1.165, 1.54) is 60.8 Å². The number of rotatable bonds is 3. The lowest BCUT2D eigenvalue weighted by molar-refractivity contribution is 0.794. The van der Waals surface area contributed by atoms with E-state index < -0.39 is 5.41 Å². The number of aryl methyl sites for hydroxylation is 2. The molecule has 0 saturated heterocycles. The van der Waals surface area contributed by atoms with Gasteiger partial charge in [-0.3, -0.25) is 9.97 Å². The van der Waals surface area contributed by atoms with Gasteiger partial charge in [-0.2, -0.15) is 0 Å². The summed E-state index contributed by atoms with van der Waals surface area (Å²) >= 11 is 0. The second-order valence-corrected chi connectivity index (χ2v) is 14.0. The van der Waals surface area contributed by atoms with Crippen molar-refractivity contribution in [2.45, 2.75) is 19.3 Å². The van der Waals surface area contributed by atoms with Crippen LogP contribution in [0.2, 0.25) is 0 Å². The summed E-state index contributed by atoms with van der Waals surface area (Å²) in [5, 5.41) is 2.44. The predicted molar refractivity (Wildman–Crippen MR) is 211 cm³/mol. The second-order valence-electron chi connectivity index (χ2n) is 14.0. The Balaban J connectivity index is 1.30. The highest BCUT2D eigenvalue weighted by atomic mass is 15.0. The van der Waals surface area contributed by atoms with E-state index in [-0.39, 0.29) is 0 Å². The molecule has 0 unspecified atom stereocenters. The molecule has 2 aliphatic rings. The van der Waals surface area contributed by atoms with Gasteiger partial charge in [0.2, 0.25) is 0 Å². The Labute approximate surface area is 301 Å². The van der Waals surface area contributed by atoms with E-state index in [4.69, 9.17) is 15.0 Å². The zero-order valence-electron chi connectivity index (χ0n) is 28.8. The molecule has 52 heavy (non-hydrogen) atoms. The van der Waals surface area contributed by atoms with Crippen LogP contribution in [0.4, 0.5) is 0 Å². The minimum absolute atomic E-state index is 0.430. The Hall–Kier alpha value is -6.65. The largest absolute Gasteiger partial charge is 0.308 e. The Bertz CT molecular complexity index is 2840. The van der Waals surface area contributed by atoms with Gasteiger partial charge in [-0.15, -0.1) is 0 Å². The van der Waals surface area contributed by atoms with E-state index in [0.717, 1.165) is 45.4 Å². The first-order valence-electron chi connectivity index (χ1n) is 17.9. The van der Waals surface area contributed by atoms with Crippen LogP contribution in [-0.4, -0.2) is 19.5 Å². The topological polar surface area (TPSA) is 43.6 Å².